The van der Waals surface area contributed by atoms with Crippen LogP contribution in [0.5, 0.6) is 0 Å². The van der Waals surface area contributed by atoms with Gasteiger partial charge in [0.05, 0.1) is 17.8 Å². The monoisotopic (exact) mass is 259 g/mol. The minimum Gasteiger partial charge on any atom is -0.320 e. The first-order chi connectivity index (χ1) is 9.15. The van der Waals surface area contributed by atoms with Crippen LogP contribution < -0.4 is 5.73 Å². The van der Waals surface area contributed by atoms with E-state index in [9.17, 15) is 8.78 Å². The van der Waals surface area contributed by atoms with Crippen molar-refractivity contribution in [2.24, 2.45) is 5.73 Å². The first-order valence-corrected chi connectivity index (χ1v) is 5.79. The summed E-state index contributed by atoms with van der Waals surface area (Å²) in [6, 6.07) is 8.24. The molecule has 0 aliphatic rings. The van der Waals surface area contributed by atoms with Crippen molar-refractivity contribution in [3.8, 4) is 0 Å². The average molecular weight is 259 g/mol. The highest BCUT2D eigenvalue weighted by Gasteiger charge is 2.15. The Morgan fingerprint density at radius 1 is 1.11 bits per heavy atom. The van der Waals surface area contributed by atoms with Gasteiger partial charge in [-0.25, -0.2) is 13.3 Å². The Morgan fingerprint density at radius 2 is 1.84 bits per heavy atom. The average Bonchev–Trinajstić information content (AvgIpc) is 2.80. The number of nitrogens with zero attached hydrogens (tertiary/aromatic N) is 2. The maximum absolute atomic E-state index is 13.2. The van der Waals surface area contributed by atoms with Crippen LogP contribution in [0.3, 0.4) is 0 Å². The molecule has 96 valence electrons. The summed E-state index contributed by atoms with van der Waals surface area (Å²) in [4.78, 5) is 0. The van der Waals surface area contributed by atoms with Crippen molar-refractivity contribution in [2.75, 3.05) is 0 Å². The zero-order valence-corrected chi connectivity index (χ0v) is 9.92. The number of nitrogens with two attached hydrogens (primary N) is 1. The molecule has 19 heavy (non-hydrogen) atoms. The van der Waals surface area contributed by atoms with Crippen LogP contribution in [0, 0.1) is 11.6 Å². The van der Waals surface area contributed by atoms with Crippen LogP contribution in [0.4, 0.5) is 8.78 Å². The molecule has 0 amide bonds. The van der Waals surface area contributed by atoms with Gasteiger partial charge in [-0.05, 0) is 29.8 Å². The lowest BCUT2D eigenvalue weighted by molar-refractivity contribution is 0.577. The van der Waals surface area contributed by atoms with Crippen molar-refractivity contribution in [3.05, 3.63) is 71.6 Å². The summed E-state index contributed by atoms with van der Waals surface area (Å²) in [5.41, 5.74) is 8.01. The van der Waals surface area contributed by atoms with Crippen molar-refractivity contribution in [1.82, 2.24) is 9.61 Å². The maximum atomic E-state index is 13.2. The SMILES string of the molecule is NC(c1cc(F)cc(F)c1)c1cnn2ccccc12. The molecule has 0 aliphatic carbocycles. The lowest BCUT2D eigenvalue weighted by atomic mass is 10.0. The normalized spacial score (nSPS) is 12.8. The summed E-state index contributed by atoms with van der Waals surface area (Å²) in [5.74, 6) is -1.27. The summed E-state index contributed by atoms with van der Waals surface area (Å²) in [6.07, 6.45) is 3.40. The molecule has 2 N–H and O–H groups in total. The number of pyridine rings is 1. The highest BCUT2D eigenvalue weighted by atomic mass is 19.1. The van der Waals surface area contributed by atoms with Crippen LogP contribution in [-0.2, 0) is 0 Å². The molecule has 2 aromatic heterocycles. The number of halogens is 2. The van der Waals surface area contributed by atoms with Crippen molar-refractivity contribution < 1.29 is 8.78 Å². The summed E-state index contributed by atoms with van der Waals surface area (Å²) >= 11 is 0. The first kappa shape index (κ1) is 11.8. The van der Waals surface area contributed by atoms with E-state index in [4.69, 9.17) is 5.73 Å². The van der Waals surface area contributed by atoms with Gasteiger partial charge in [0, 0.05) is 17.8 Å². The van der Waals surface area contributed by atoms with Crippen molar-refractivity contribution in [1.29, 1.82) is 0 Å². The molecule has 3 aromatic rings. The van der Waals surface area contributed by atoms with E-state index in [-0.39, 0.29) is 0 Å². The molecule has 0 saturated carbocycles. The van der Waals surface area contributed by atoms with Crippen molar-refractivity contribution in [2.45, 2.75) is 6.04 Å². The largest absolute Gasteiger partial charge is 0.320 e. The molecule has 1 unspecified atom stereocenters. The fourth-order valence-corrected chi connectivity index (χ4v) is 2.13. The molecule has 3 nitrogen and oxygen atoms in total. The predicted molar refractivity (Wildman–Crippen MR) is 67.6 cm³/mol. The molecule has 0 aliphatic heterocycles. The third kappa shape index (κ3) is 2.08. The first-order valence-electron chi connectivity index (χ1n) is 5.79. The number of hydrogen-bond donors (Lipinski definition) is 1. The predicted octanol–water partition coefficient (Wildman–Crippen LogP) is 2.66. The van der Waals surface area contributed by atoms with Gasteiger partial charge in [-0.3, -0.25) is 0 Å². The standard InChI is InChI=1S/C14H11F2N3/c15-10-5-9(6-11(16)7-10)14(17)12-8-18-19-4-2-1-3-13(12)19/h1-8,14H,17H2. The van der Waals surface area contributed by atoms with Crippen LogP contribution in [0.2, 0.25) is 0 Å². The summed E-state index contributed by atoms with van der Waals surface area (Å²) < 4.78 is 28.1. The zero-order valence-electron chi connectivity index (χ0n) is 9.92. The maximum Gasteiger partial charge on any atom is 0.126 e. The van der Waals surface area contributed by atoms with E-state index in [2.05, 4.69) is 5.10 Å². The lowest BCUT2D eigenvalue weighted by Gasteiger charge is -2.11. The molecular weight excluding hydrogens is 248 g/mol. The molecule has 0 fully saturated rings. The van der Waals surface area contributed by atoms with Gasteiger partial charge < -0.3 is 5.73 Å². The topological polar surface area (TPSA) is 43.3 Å². The molecular formula is C14H11F2N3. The summed E-state index contributed by atoms with van der Waals surface area (Å²) in [7, 11) is 0. The number of aromatic nitrogens is 2. The Morgan fingerprint density at radius 3 is 2.58 bits per heavy atom. The van der Waals surface area contributed by atoms with E-state index in [0.717, 1.165) is 17.1 Å². The van der Waals surface area contributed by atoms with E-state index >= 15 is 0 Å². The van der Waals surface area contributed by atoms with E-state index in [1.54, 1.807) is 16.9 Å². The van der Waals surface area contributed by atoms with Gasteiger partial charge in [0.2, 0.25) is 0 Å². The van der Waals surface area contributed by atoms with Crippen LogP contribution >= 0.6 is 0 Å². The lowest BCUT2D eigenvalue weighted by Crippen LogP contribution is -2.12. The zero-order chi connectivity index (χ0) is 13.4. The van der Waals surface area contributed by atoms with Gasteiger partial charge in [-0.2, -0.15) is 5.10 Å². The van der Waals surface area contributed by atoms with Gasteiger partial charge in [0.15, 0.2) is 0 Å². The third-order valence-electron chi connectivity index (χ3n) is 3.04. The Bertz CT molecular complexity index is 716. The van der Waals surface area contributed by atoms with Gasteiger partial charge in [-0.1, -0.05) is 6.07 Å². The minimum absolute atomic E-state index is 0.385. The quantitative estimate of drug-likeness (QED) is 0.768. The number of rotatable bonds is 2. The molecule has 3 rings (SSSR count). The minimum atomic E-state index is -0.637. The molecule has 1 aromatic carbocycles. The molecule has 0 bridgehead atoms. The van der Waals surface area contributed by atoms with Crippen molar-refractivity contribution >= 4 is 5.52 Å². The Kier molecular flexibility index (Phi) is 2.76. The number of fused-ring (bicyclic) bond motifs is 1. The van der Waals surface area contributed by atoms with Crippen LogP contribution in [0.1, 0.15) is 17.2 Å². The second-order valence-electron chi connectivity index (χ2n) is 4.31. The molecule has 0 radical (unpaired) electrons. The van der Waals surface area contributed by atoms with Crippen molar-refractivity contribution in [3.63, 3.8) is 0 Å². The van der Waals surface area contributed by atoms with E-state index in [0.29, 0.717) is 5.56 Å². The molecule has 0 spiro atoms. The van der Waals surface area contributed by atoms with Crippen LogP contribution in [0.25, 0.3) is 5.52 Å². The third-order valence-corrected chi connectivity index (χ3v) is 3.04. The van der Waals surface area contributed by atoms with E-state index < -0.39 is 17.7 Å². The fourth-order valence-electron chi connectivity index (χ4n) is 2.13. The van der Waals surface area contributed by atoms with Crippen LogP contribution in [0.15, 0.2) is 48.8 Å². The summed E-state index contributed by atoms with van der Waals surface area (Å²) in [5, 5.41) is 4.16. The van der Waals surface area contributed by atoms with Gasteiger partial charge >= 0.3 is 0 Å². The Labute approximate surface area is 108 Å². The molecule has 1 atom stereocenters. The second kappa shape index (κ2) is 4.44. The van der Waals surface area contributed by atoms with E-state index in [1.807, 2.05) is 18.2 Å². The van der Waals surface area contributed by atoms with E-state index in [1.165, 1.54) is 12.1 Å². The highest BCUT2D eigenvalue weighted by Crippen LogP contribution is 2.24. The second-order valence-corrected chi connectivity index (χ2v) is 4.31. The summed E-state index contributed by atoms with van der Waals surface area (Å²) in [6.45, 7) is 0. The van der Waals surface area contributed by atoms with Crippen LogP contribution in [-0.4, -0.2) is 9.61 Å². The molecule has 5 heteroatoms. The smallest absolute Gasteiger partial charge is 0.126 e. The Hall–Kier alpha value is -2.27. The highest BCUT2D eigenvalue weighted by molar-refractivity contribution is 5.56. The van der Waals surface area contributed by atoms with Gasteiger partial charge in [0.1, 0.15) is 11.6 Å². The number of hydrogen-bond acceptors (Lipinski definition) is 2. The molecule has 0 saturated heterocycles. The van der Waals surface area contributed by atoms with Gasteiger partial charge in [-0.15, -0.1) is 0 Å². The number of benzene rings is 1. The Balaban J connectivity index is 2.10. The molecule has 2 heterocycles. The van der Waals surface area contributed by atoms with Gasteiger partial charge in [0.25, 0.3) is 0 Å². The fraction of sp³-hybridized carbons (Fsp3) is 0.0714.